The third-order valence-corrected chi connectivity index (χ3v) is 6.01. The number of carbonyl (C=O) groups excluding carboxylic acids is 1. The minimum absolute atomic E-state index is 0. The lowest BCUT2D eigenvalue weighted by Gasteiger charge is -2.26. The summed E-state index contributed by atoms with van der Waals surface area (Å²) >= 11 is 0. The van der Waals surface area contributed by atoms with Crippen LogP contribution in [0.1, 0.15) is 31.7 Å². The molecule has 1 amide bonds. The number of nitrogens with one attached hydrogen (secondary N) is 1. The van der Waals surface area contributed by atoms with Crippen LogP contribution >= 0.6 is 12.4 Å². The Bertz CT molecular complexity index is 646. The molecule has 1 aromatic carbocycles. The van der Waals surface area contributed by atoms with Crippen LogP contribution in [0.4, 0.5) is 0 Å². The van der Waals surface area contributed by atoms with Crippen molar-refractivity contribution in [2.75, 3.05) is 19.6 Å². The van der Waals surface area contributed by atoms with Gasteiger partial charge >= 0.3 is 0 Å². The van der Waals surface area contributed by atoms with E-state index in [0.29, 0.717) is 19.6 Å². The Kier molecular flexibility index (Phi) is 8.15. The number of hydrogen-bond donors (Lipinski definition) is 2. The van der Waals surface area contributed by atoms with Gasteiger partial charge in [-0.25, -0.2) is 8.42 Å². The van der Waals surface area contributed by atoms with E-state index in [-0.39, 0.29) is 35.7 Å². The Labute approximate surface area is 150 Å². The van der Waals surface area contributed by atoms with Gasteiger partial charge < -0.3 is 11.1 Å². The Hall–Kier alpha value is -1.15. The van der Waals surface area contributed by atoms with E-state index in [1.807, 2.05) is 6.07 Å². The minimum Gasteiger partial charge on any atom is -0.352 e. The van der Waals surface area contributed by atoms with Crippen LogP contribution in [0, 0.1) is 5.92 Å². The zero-order valence-corrected chi connectivity index (χ0v) is 15.5. The van der Waals surface area contributed by atoms with Crippen molar-refractivity contribution < 1.29 is 13.2 Å². The standard InChI is InChI=1S/C16H25N3O3S.ClH/c1-13(11-17)16(20)18-12-14-6-5-7-15(10-14)23(21,22)19-8-3-2-4-9-19;/h5-7,10,13H,2-4,8-9,11-12,17H2,1H3,(H,18,20);1H. The topological polar surface area (TPSA) is 92.5 Å². The van der Waals surface area contributed by atoms with E-state index in [1.54, 1.807) is 29.4 Å². The number of nitrogens with two attached hydrogens (primary N) is 1. The van der Waals surface area contributed by atoms with E-state index in [4.69, 9.17) is 5.73 Å². The van der Waals surface area contributed by atoms with Crippen LogP contribution in [-0.2, 0) is 21.4 Å². The van der Waals surface area contributed by atoms with Crippen molar-refractivity contribution in [1.29, 1.82) is 0 Å². The molecule has 6 nitrogen and oxygen atoms in total. The molecule has 1 unspecified atom stereocenters. The zero-order valence-electron chi connectivity index (χ0n) is 13.9. The first-order chi connectivity index (χ1) is 10.9. The Morgan fingerprint density at radius 2 is 1.96 bits per heavy atom. The van der Waals surface area contributed by atoms with Crippen LogP contribution in [0.15, 0.2) is 29.2 Å². The fraction of sp³-hybridized carbons (Fsp3) is 0.562. The number of halogens is 1. The monoisotopic (exact) mass is 375 g/mol. The van der Waals surface area contributed by atoms with Crippen LogP contribution in [0.25, 0.3) is 0 Å². The Morgan fingerprint density at radius 1 is 1.29 bits per heavy atom. The lowest BCUT2D eigenvalue weighted by atomic mass is 10.1. The first-order valence-corrected chi connectivity index (χ1v) is 9.46. The molecule has 0 aromatic heterocycles. The van der Waals surface area contributed by atoms with Gasteiger partial charge in [-0.3, -0.25) is 4.79 Å². The van der Waals surface area contributed by atoms with E-state index < -0.39 is 10.0 Å². The first kappa shape index (κ1) is 20.9. The van der Waals surface area contributed by atoms with Crippen molar-refractivity contribution in [2.24, 2.45) is 11.7 Å². The molecule has 1 atom stereocenters. The number of sulfonamides is 1. The molecule has 136 valence electrons. The Morgan fingerprint density at radius 3 is 2.58 bits per heavy atom. The SMILES string of the molecule is CC(CN)C(=O)NCc1cccc(S(=O)(=O)N2CCCCC2)c1.Cl. The maximum Gasteiger partial charge on any atom is 0.243 e. The fourth-order valence-electron chi connectivity index (χ4n) is 2.54. The van der Waals surface area contributed by atoms with Gasteiger partial charge in [-0.15, -0.1) is 12.4 Å². The lowest BCUT2D eigenvalue weighted by Crippen LogP contribution is -2.35. The molecule has 0 aliphatic carbocycles. The van der Waals surface area contributed by atoms with E-state index in [2.05, 4.69) is 5.32 Å². The summed E-state index contributed by atoms with van der Waals surface area (Å²) < 4.78 is 26.9. The first-order valence-electron chi connectivity index (χ1n) is 8.02. The molecule has 8 heteroatoms. The molecule has 2 rings (SSSR count). The molecular formula is C16H26ClN3O3S. The maximum atomic E-state index is 12.7. The second-order valence-corrected chi connectivity index (χ2v) is 7.90. The molecule has 24 heavy (non-hydrogen) atoms. The second-order valence-electron chi connectivity index (χ2n) is 5.97. The number of carbonyl (C=O) groups is 1. The molecule has 0 radical (unpaired) electrons. The summed E-state index contributed by atoms with van der Waals surface area (Å²) in [5, 5.41) is 2.78. The summed E-state index contributed by atoms with van der Waals surface area (Å²) in [4.78, 5) is 12.0. The number of piperidine rings is 1. The molecule has 0 spiro atoms. The molecule has 1 aromatic rings. The fourth-order valence-corrected chi connectivity index (χ4v) is 4.13. The highest BCUT2D eigenvalue weighted by Gasteiger charge is 2.25. The van der Waals surface area contributed by atoms with Gasteiger partial charge in [-0.1, -0.05) is 25.5 Å². The van der Waals surface area contributed by atoms with Crippen molar-refractivity contribution in [1.82, 2.24) is 9.62 Å². The normalized spacial score (nSPS) is 16.9. The van der Waals surface area contributed by atoms with E-state index in [0.717, 1.165) is 24.8 Å². The molecule has 1 fully saturated rings. The molecule has 3 N–H and O–H groups in total. The van der Waals surface area contributed by atoms with Crippen LogP contribution in [0.3, 0.4) is 0 Å². The summed E-state index contributed by atoms with van der Waals surface area (Å²) in [6, 6.07) is 6.77. The van der Waals surface area contributed by atoms with E-state index in [9.17, 15) is 13.2 Å². The molecule has 0 saturated carbocycles. The molecule has 1 aliphatic heterocycles. The van der Waals surface area contributed by atoms with Gasteiger partial charge in [0.2, 0.25) is 15.9 Å². The summed E-state index contributed by atoms with van der Waals surface area (Å²) in [5.74, 6) is -0.382. The maximum absolute atomic E-state index is 12.7. The number of amides is 1. The average molecular weight is 376 g/mol. The highest BCUT2D eigenvalue weighted by Crippen LogP contribution is 2.21. The van der Waals surface area contributed by atoms with Gasteiger partial charge in [0.25, 0.3) is 0 Å². The lowest BCUT2D eigenvalue weighted by molar-refractivity contribution is -0.124. The molecular weight excluding hydrogens is 350 g/mol. The zero-order chi connectivity index (χ0) is 16.9. The predicted molar refractivity (Wildman–Crippen MR) is 96.4 cm³/mol. The smallest absolute Gasteiger partial charge is 0.243 e. The molecule has 0 bridgehead atoms. The van der Waals surface area contributed by atoms with Crippen molar-refractivity contribution in [3.63, 3.8) is 0 Å². The molecule has 1 heterocycles. The van der Waals surface area contributed by atoms with Crippen molar-refractivity contribution in [3.05, 3.63) is 29.8 Å². The van der Waals surface area contributed by atoms with Crippen LogP contribution in [-0.4, -0.2) is 38.3 Å². The number of benzene rings is 1. The van der Waals surface area contributed by atoms with Gasteiger partial charge in [-0.2, -0.15) is 4.31 Å². The summed E-state index contributed by atoms with van der Waals surface area (Å²) in [5.41, 5.74) is 6.22. The van der Waals surface area contributed by atoms with Crippen molar-refractivity contribution >= 4 is 28.3 Å². The Balaban J connectivity index is 0.00000288. The van der Waals surface area contributed by atoms with Gasteiger partial charge in [-0.05, 0) is 30.5 Å². The van der Waals surface area contributed by atoms with E-state index in [1.165, 1.54) is 0 Å². The number of rotatable bonds is 6. The largest absolute Gasteiger partial charge is 0.352 e. The van der Waals surface area contributed by atoms with Crippen molar-refractivity contribution in [3.8, 4) is 0 Å². The molecule has 1 aliphatic rings. The third kappa shape index (κ3) is 5.17. The van der Waals surface area contributed by atoms with Gasteiger partial charge in [0.15, 0.2) is 0 Å². The van der Waals surface area contributed by atoms with Crippen LogP contribution < -0.4 is 11.1 Å². The highest BCUT2D eigenvalue weighted by molar-refractivity contribution is 7.89. The van der Waals surface area contributed by atoms with Gasteiger partial charge in [0.1, 0.15) is 0 Å². The summed E-state index contributed by atoms with van der Waals surface area (Å²) in [7, 11) is -3.44. The second kappa shape index (κ2) is 9.36. The van der Waals surface area contributed by atoms with Gasteiger partial charge in [0.05, 0.1) is 4.90 Å². The number of hydrogen-bond acceptors (Lipinski definition) is 4. The average Bonchev–Trinajstić information content (AvgIpc) is 2.60. The number of nitrogens with zero attached hydrogens (tertiary/aromatic N) is 1. The highest BCUT2D eigenvalue weighted by atomic mass is 35.5. The summed E-state index contributed by atoms with van der Waals surface area (Å²) in [6.45, 7) is 3.50. The minimum atomic E-state index is -3.44. The predicted octanol–water partition coefficient (Wildman–Crippen LogP) is 1.49. The quantitative estimate of drug-likeness (QED) is 0.787. The van der Waals surface area contributed by atoms with Gasteiger partial charge in [0, 0.05) is 32.1 Å². The third-order valence-electron chi connectivity index (χ3n) is 4.12. The van der Waals surface area contributed by atoms with Crippen LogP contribution in [0.5, 0.6) is 0 Å². The van der Waals surface area contributed by atoms with Crippen LogP contribution in [0.2, 0.25) is 0 Å². The molecule has 1 saturated heterocycles. The summed E-state index contributed by atoms with van der Waals surface area (Å²) in [6.07, 6.45) is 2.90. The van der Waals surface area contributed by atoms with E-state index >= 15 is 0 Å². The van der Waals surface area contributed by atoms with Crippen molar-refractivity contribution in [2.45, 2.75) is 37.6 Å².